The molecule has 0 spiro atoms. The van der Waals surface area contributed by atoms with E-state index in [-0.39, 0.29) is 0 Å². The largest absolute Gasteiger partial charge is 0.311 e. The van der Waals surface area contributed by atoms with Crippen molar-refractivity contribution in [2.24, 2.45) is 5.92 Å². The second-order valence-corrected chi connectivity index (χ2v) is 7.22. The molecular formula is C18H28N2. The van der Waals surface area contributed by atoms with Crippen LogP contribution >= 0.6 is 0 Å². The van der Waals surface area contributed by atoms with Crippen molar-refractivity contribution in [2.45, 2.75) is 58.7 Å². The highest BCUT2D eigenvalue weighted by Gasteiger charge is 2.47. The molecule has 0 radical (unpaired) electrons. The molecule has 1 aromatic rings. The van der Waals surface area contributed by atoms with E-state index in [2.05, 4.69) is 56.1 Å². The molecule has 0 aromatic heterocycles. The highest BCUT2D eigenvalue weighted by atomic mass is 15.3. The van der Waals surface area contributed by atoms with Crippen LogP contribution in [0.4, 0.5) is 0 Å². The van der Waals surface area contributed by atoms with Gasteiger partial charge in [0.15, 0.2) is 0 Å². The van der Waals surface area contributed by atoms with E-state index in [1.807, 2.05) is 0 Å². The zero-order valence-corrected chi connectivity index (χ0v) is 13.4. The predicted octanol–water partition coefficient (Wildman–Crippen LogP) is 3.27. The zero-order chi connectivity index (χ0) is 14.3. The molecule has 2 aliphatic rings. The van der Waals surface area contributed by atoms with Gasteiger partial charge in [0.2, 0.25) is 0 Å². The Labute approximate surface area is 123 Å². The average molecular weight is 272 g/mol. The minimum absolute atomic E-state index is 0.350. The topological polar surface area (TPSA) is 15.3 Å². The first kappa shape index (κ1) is 14.1. The van der Waals surface area contributed by atoms with Crippen LogP contribution in [0.15, 0.2) is 18.2 Å². The number of nitrogens with zero attached hydrogens (tertiary/aromatic N) is 1. The maximum atomic E-state index is 3.69. The summed E-state index contributed by atoms with van der Waals surface area (Å²) < 4.78 is 0. The van der Waals surface area contributed by atoms with Crippen molar-refractivity contribution < 1.29 is 0 Å². The van der Waals surface area contributed by atoms with Gasteiger partial charge in [-0.3, -0.25) is 4.90 Å². The molecule has 2 nitrogen and oxygen atoms in total. The molecule has 1 aromatic carbocycles. The number of aryl methyl sites for hydroxylation is 2. The van der Waals surface area contributed by atoms with Gasteiger partial charge in [0.1, 0.15) is 0 Å². The Bertz CT molecular complexity index is 492. The van der Waals surface area contributed by atoms with Gasteiger partial charge < -0.3 is 5.32 Å². The fraction of sp³-hybridized carbons (Fsp3) is 0.667. The van der Waals surface area contributed by atoms with Crippen LogP contribution in [0.2, 0.25) is 0 Å². The molecule has 3 rings (SSSR count). The predicted molar refractivity (Wildman–Crippen MR) is 84.9 cm³/mol. The smallest absolute Gasteiger partial charge is 0.0338 e. The maximum Gasteiger partial charge on any atom is 0.0338 e. The first-order chi connectivity index (χ1) is 9.49. The molecular weight excluding hydrogens is 244 g/mol. The van der Waals surface area contributed by atoms with E-state index in [9.17, 15) is 0 Å². The lowest BCUT2D eigenvalue weighted by molar-refractivity contribution is 0.0310. The van der Waals surface area contributed by atoms with E-state index in [1.54, 1.807) is 0 Å². The minimum atomic E-state index is 0.350. The first-order valence-electron chi connectivity index (χ1n) is 8.03. The Morgan fingerprint density at radius 1 is 1.30 bits per heavy atom. The minimum Gasteiger partial charge on any atom is -0.311 e. The van der Waals surface area contributed by atoms with Gasteiger partial charge in [-0.1, -0.05) is 23.8 Å². The molecule has 1 saturated heterocycles. The van der Waals surface area contributed by atoms with Gasteiger partial charge in [0.25, 0.3) is 0 Å². The zero-order valence-electron chi connectivity index (χ0n) is 13.4. The Morgan fingerprint density at radius 3 is 2.75 bits per heavy atom. The Balaban J connectivity index is 1.84. The summed E-state index contributed by atoms with van der Waals surface area (Å²) in [5, 5.41) is 3.69. The summed E-state index contributed by atoms with van der Waals surface area (Å²) in [4.78, 5) is 2.74. The fourth-order valence-electron chi connectivity index (χ4n) is 3.63. The summed E-state index contributed by atoms with van der Waals surface area (Å²) in [6.45, 7) is 12.6. The standard InChI is InChI=1S/C18H28N2/c1-13-5-6-14(2)16(9-13)11-20-10-15(3)19-12-18(20,4)17-7-8-17/h5-6,9,15,17,19H,7-8,10-12H2,1-4H3. The van der Waals surface area contributed by atoms with Crippen molar-refractivity contribution in [1.29, 1.82) is 0 Å². The highest BCUT2D eigenvalue weighted by Crippen LogP contribution is 2.44. The van der Waals surface area contributed by atoms with Gasteiger partial charge in [-0.15, -0.1) is 0 Å². The third-order valence-electron chi connectivity index (χ3n) is 5.35. The number of hydrogen-bond acceptors (Lipinski definition) is 2. The van der Waals surface area contributed by atoms with Crippen molar-refractivity contribution in [3.63, 3.8) is 0 Å². The number of rotatable bonds is 3. The molecule has 1 aliphatic heterocycles. The molecule has 1 saturated carbocycles. The van der Waals surface area contributed by atoms with Crippen LogP contribution in [0.5, 0.6) is 0 Å². The van der Waals surface area contributed by atoms with Crippen molar-refractivity contribution in [3.8, 4) is 0 Å². The summed E-state index contributed by atoms with van der Waals surface area (Å²) in [6.07, 6.45) is 2.83. The van der Waals surface area contributed by atoms with Crippen molar-refractivity contribution in [3.05, 3.63) is 34.9 Å². The summed E-state index contributed by atoms with van der Waals surface area (Å²) in [5.41, 5.74) is 4.66. The number of nitrogens with one attached hydrogen (secondary N) is 1. The summed E-state index contributed by atoms with van der Waals surface area (Å²) in [6, 6.07) is 7.46. The van der Waals surface area contributed by atoms with Gasteiger partial charge in [0, 0.05) is 31.2 Å². The Kier molecular flexibility index (Phi) is 3.64. The summed E-state index contributed by atoms with van der Waals surface area (Å²) >= 11 is 0. The van der Waals surface area contributed by atoms with E-state index in [0.717, 1.165) is 19.0 Å². The molecule has 110 valence electrons. The van der Waals surface area contributed by atoms with E-state index in [0.29, 0.717) is 11.6 Å². The van der Waals surface area contributed by atoms with Crippen molar-refractivity contribution in [2.75, 3.05) is 13.1 Å². The molecule has 2 heteroatoms. The molecule has 0 bridgehead atoms. The summed E-state index contributed by atoms with van der Waals surface area (Å²) in [7, 11) is 0. The molecule has 1 heterocycles. The lowest BCUT2D eigenvalue weighted by Gasteiger charge is -2.48. The first-order valence-corrected chi connectivity index (χ1v) is 8.03. The fourth-order valence-corrected chi connectivity index (χ4v) is 3.63. The third-order valence-corrected chi connectivity index (χ3v) is 5.35. The third kappa shape index (κ3) is 2.64. The van der Waals surface area contributed by atoms with E-state index >= 15 is 0 Å². The normalized spacial score (nSPS) is 31.5. The molecule has 1 N–H and O–H groups in total. The Hall–Kier alpha value is -0.860. The van der Waals surface area contributed by atoms with Crippen LogP contribution < -0.4 is 5.32 Å². The van der Waals surface area contributed by atoms with E-state index in [1.165, 1.54) is 36.1 Å². The average Bonchev–Trinajstić information content (AvgIpc) is 3.23. The van der Waals surface area contributed by atoms with Crippen LogP contribution in [0, 0.1) is 19.8 Å². The van der Waals surface area contributed by atoms with Gasteiger partial charge in [-0.25, -0.2) is 0 Å². The van der Waals surface area contributed by atoms with Crippen LogP contribution in [0.25, 0.3) is 0 Å². The SMILES string of the molecule is Cc1ccc(C)c(CN2CC(C)NCC2(C)C2CC2)c1. The molecule has 20 heavy (non-hydrogen) atoms. The molecule has 2 fully saturated rings. The van der Waals surface area contributed by atoms with Gasteiger partial charge >= 0.3 is 0 Å². The van der Waals surface area contributed by atoms with Crippen LogP contribution in [-0.2, 0) is 6.54 Å². The van der Waals surface area contributed by atoms with E-state index < -0.39 is 0 Å². The quantitative estimate of drug-likeness (QED) is 0.908. The van der Waals surface area contributed by atoms with Gasteiger partial charge in [-0.05, 0) is 57.6 Å². The van der Waals surface area contributed by atoms with E-state index in [4.69, 9.17) is 0 Å². The Morgan fingerprint density at radius 2 is 2.05 bits per heavy atom. The summed E-state index contributed by atoms with van der Waals surface area (Å²) in [5.74, 6) is 0.896. The maximum absolute atomic E-state index is 3.69. The van der Waals surface area contributed by atoms with Gasteiger partial charge in [0.05, 0.1) is 0 Å². The van der Waals surface area contributed by atoms with Crippen LogP contribution in [-0.4, -0.2) is 29.6 Å². The number of hydrogen-bond donors (Lipinski definition) is 1. The second kappa shape index (κ2) is 5.16. The molecule has 2 unspecified atom stereocenters. The molecule has 0 amide bonds. The highest BCUT2D eigenvalue weighted by molar-refractivity contribution is 5.30. The van der Waals surface area contributed by atoms with Crippen LogP contribution in [0.1, 0.15) is 43.4 Å². The van der Waals surface area contributed by atoms with Gasteiger partial charge in [-0.2, -0.15) is 0 Å². The number of piperazine rings is 1. The number of benzene rings is 1. The lowest BCUT2D eigenvalue weighted by Crippen LogP contribution is -2.63. The lowest BCUT2D eigenvalue weighted by atomic mass is 9.89. The molecule has 1 aliphatic carbocycles. The van der Waals surface area contributed by atoms with Crippen LogP contribution in [0.3, 0.4) is 0 Å². The molecule has 2 atom stereocenters. The monoisotopic (exact) mass is 272 g/mol. The van der Waals surface area contributed by atoms with Crippen molar-refractivity contribution in [1.82, 2.24) is 10.2 Å². The second-order valence-electron chi connectivity index (χ2n) is 7.22. The van der Waals surface area contributed by atoms with Crippen molar-refractivity contribution >= 4 is 0 Å².